The second-order valence-electron chi connectivity index (χ2n) is 8.51. The summed E-state index contributed by atoms with van der Waals surface area (Å²) in [6, 6.07) is 4.71. The van der Waals surface area contributed by atoms with E-state index in [1.165, 1.54) is 83.9 Å². The van der Waals surface area contributed by atoms with Crippen molar-refractivity contribution in [3.8, 4) is 0 Å². The molecule has 0 saturated carbocycles. The zero-order chi connectivity index (χ0) is 19.6. The number of aryl methyl sites for hydroxylation is 1. The van der Waals surface area contributed by atoms with Gasteiger partial charge in [-0.15, -0.1) is 17.5 Å². The summed E-state index contributed by atoms with van der Waals surface area (Å²) in [5, 5.41) is 0. The molecule has 0 atom stereocenters. The molecule has 150 valence electrons. The van der Waals surface area contributed by atoms with Crippen LogP contribution in [-0.4, -0.2) is 0 Å². The van der Waals surface area contributed by atoms with Gasteiger partial charge >= 0.3 is 0 Å². The largest absolute Gasteiger partial charge is 0.268 e. The second kappa shape index (κ2) is 10.3. The molecule has 0 amide bonds. The summed E-state index contributed by atoms with van der Waals surface area (Å²) in [6.07, 6.45) is 13.9. The molecule has 0 bridgehead atoms. The first kappa shape index (κ1) is 23.5. The van der Waals surface area contributed by atoms with E-state index in [-0.39, 0.29) is 25.8 Å². The van der Waals surface area contributed by atoms with Gasteiger partial charge < -0.3 is 0 Å². The van der Waals surface area contributed by atoms with Crippen LogP contribution in [0.5, 0.6) is 0 Å². The summed E-state index contributed by atoms with van der Waals surface area (Å²) < 4.78 is 0. The zero-order valence-corrected chi connectivity index (χ0v) is 22.4. The summed E-state index contributed by atoms with van der Waals surface area (Å²) in [6.45, 7) is 13.3. The molecular weight excluding hydrogens is 503 g/mol. The maximum absolute atomic E-state index is 3.63. The Morgan fingerprint density at radius 3 is 2.14 bits per heavy atom. The topological polar surface area (TPSA) is 0 Å². The van der Waals surface area contributed by atoms with Gasteiger partial charge in [-0.3, -0.25) is 6.08 Å². The van der Waals surface area contributed by atoms with E-state index < -0.39 is 0 Å². The summed E-state index contributed by atoms with van der Waals surface area (Å²) in [5.74, 6) is 0. The van der Waals surface area contributed by atoms with Crippen LogP contribution in [0.1, 0.15) is 89.1 Å². The molecule has 0 unspecified atom stereocenters. The Morgan fingerprint density at radius 2 is 1.57 bits per heavy atom. The average Bonchev–Trinajstić information content (AvgIpc) is 3.35. The average molecular weight is 539 g/mol. The van der Waals surface area contributed by atoms with Crippen LogP contribution in [0.4, 0.5) is 0 Å². The molecule has 0 aliphatic heterocycles. The molecule has 0 fully saturated rings. The smallest absolute Gasteiger partial charge is 0 e. The standard InChI is InChI=1S/C17H21.C10H15.Hf/c1-2-3-4-6-14-11-12-15-10-9-13-7-5-8-16(13)17(14)15;1-6-7(2)9(4)10(5)8(6)3;/h9-10H,2-8,12H2,1H3;1-5H3;/q2*-1;. The van der Waals surface area contributed by atoms with Crippen LogP contribution in [-0.2, 0) is 45.1 Å². The summed E-state index contributed by atoms with van der Waals surface area (Å²) in [7, 11) is 0. The Bertz CT molecular complexity index is 768. The number of allylic oxidation sites excluding steroid dienone is 2. The molecule has 2 aromatic rings. The van der Waals surface area contributed by atoms with E-state index in [9.17, 15) is 0 Å². The van der Waals surface area contributed by atoms with Gasteiger partial charge in [-0.1, -0.05) is 84.9 Å². The summed E-state index contributed by atoms with van der Waals surface area (Å²) >= 11 is 0. The fraction of sp³-hybridized carbons (Fsp3) is 0.519. The van der Waals surface area contributed by atoms with Gasteiger partial charge in [0.05, 0.1) is 0 Å². The van der Waals surface area contributed by atoms with Gasteiger partial charge in [0.15, 0.2) is 0 Å². The van der Waals surface area contributed by atoms with Crippen molar-refractivity contribution in [3.05, 3.63) is 68.3 Å². The molecule has 1 heteroatoms. The van der Waals surface area contributed by atoms with E-state index in [4.69, 9.17) is 0 Å². The van der Waals surface area contributed by atoms with Crippen molar-refractivity contribution >= 4 is 5.57 Å². The van der Waals surface area contributed by atoms with Crippen LogP contribution in [0.3, 0.4) is 0 Å². The fourth-order valence-corrected chi connectivity index (χ4v) is 4.70. The van der Waals surface area contributed by atoms with Gasteiger partial charge in [0, 0.05) is 25.8 Å². The van der Waals surface area contributed by atoms with Gasteiger partial charge in [0.2, 0.25) is 0 Å². The third kappa shape index (κ3) is 4.66. The molecule has 4 rings (SSSR count). The quantitative estimate of drug-likeness (QED) is 0.215. The molecule has 0 aromatic heterocycles. The number of fused-ring (bicyclic) bond motifs is 3. The molecule has 0 nitrogen and oxygen atoms in total. The molecule has 0 heterocycles. The SMILES string of the molecule is CCCCCC1=[C-]Cc2ccc3c(c21)CCC3.Cc1c(C)c(C)[c-](C)c1C.[Hf]. The van der Waals surface area contributed by atoms with E-state index in [2.05, 4.69) is 59.8 Å². The first-order valence-corrected chi connectivity index (χ1v) is 10.9. The fourth-order valence-electron chi connectivity index (χ4n) is 4.70. The summed E-state index contributed by atoms with van der Waals surface area (Å²) in [4.78, 5) is 0. The van der Waals surface area contributed by atoms with E-state index in [1.54, 1.807) is 16.7 Å². The second-order valence-corrected chi connectivity index (χ2v) is 8.51. The predicted octanol–water partition coefficient (Wildman–Crippen LogP) is 7.44. The Hall–Kier alpha value is -0.820. The van der Waals surface area contributed by atoms with E-state index in [0.29, 0.717) is 0 Å². The number of rotatable bonds is 4. The van der Waals surface area contributed by atoms with Crippen LogP contribution in [0.2, 0.25) is 0 Å². The van der Waals surface area contributed by atoms with Crippen LogP contribution >= 0.6 is 0 Å². The Kier molecular flexibility index (Phi) is 8.61. The van der Waals surface area contributed by atoms with Gasteiger partial charge in [0.25, 0.3) is 0 Å². The third-order valence-corrected chi connectivity index (χ3v) is 7.01. The summed E-state index contributed by atoms with van der Waals surface area (Å²) in [5.41, 5.74) is 15.3. The number of unbranched alkanes of at least 4 members (excludes halogenated alkanes) is 2. The van der Waals surface area contributed by atoms with Gasteiger partial charge in [-0.2, -0.15) is 33.4 Å². The van der Waals surface area contributed by atoms with Crippen molar-refractivity contribution in [3.63, 3.8) is 0 Å². The van der Waals surface area contributed by atoms with Crippen molar-refractivity contribution in [2.24, 2.45) is 0 Å². The first-order valence-electron chi connectivity index (χ1n) is 10.9. The first-order chi connectivity index (χ1) is 13.0. The number of benzene rings is 1. The van der Waals surface area contributed by atoms with E-state index >= 15 is 0 Å². The van der Waals surface area contributed by atoms with Gasteiger partial charge in [-0.25, -0.2) is 5.57 Å². The maximum atomic E-state index is 3.63. The number of hydrogen-bond donors (Lipinski definition) is 0. The van der Waals surface area contributed by atoms with Crippen LogP contribution in [0.25, 0.3) is 5.57 Å². The van der Waals surface area contributed by atoms with Crippen molar-refractivity contribution < 1.29 is 25.8 Å². The minimum atomic E-state index is 0. The molecule has 0 saturated heterocycles. The molecule has 2 aliphatic carbocycles. The van der Waals surface area contributed by atoms with E-state index in [0.717, 1.165) is 6.42 Å². The molecule has 2 aliphatic rings. The van der Waals surface area contributed by atoms with Crippen molar-refractivity contribution in [1.29, 1.82) is 0 Å². The molecule has 0 spiro atoms. The van der Waals surface area contributed by atoms with Crippen molar-refractivity contribution in [2.45, 2.75) is 92.9 Å². The van der Waals surface area contributed by atoms with Crippen molar-refractivity contribution in [1.82, 2.24) is 0 Å². The Labute approximate surface area is 192 Å². The molecule has 28 heavy (non-hydrogen) atoms. The Morgan fingerprint density at radius 1 is 0.929 bits per heavy atom. The third-order valence-electron chi connectivity index (χ3n) is 7.01. The minimum absolute atomic E-state index is 0. The van der Waals surface area contributed by atoms with Crippen molar-refractivity contribution in [2.75, 3.05) is 0 Å². The van der Waals surface area contributed by atoms with Crippen LogP contribution < -0.4 is 0 Å². The minimum Gasteiger partial charge on any atom is -0.268 e. The molecule has 2 aromatic carbocycles. The Balaban J connectivity index is 0.000000221. The molecular formula is C27H36Hf-2. The predicted molar refractivity (Wildman–Crippen MR) is 119 cm³/mol. The van der Waals surface area contributed by atoms with E-state index in [1.807, 2.05) is 0 Å². The monoisotopic (exact) mass is 540 g/mol. The molecule has 0 radical (unpaired) electrons. The van der Waals surface area contributed by atoms with Crippen LogP contribution in [0, 0.1) is 40.7 Å². The number of hydrogen-bond acceptors (Lipinski definition) is 0. The van der Waals surface area contributed by atoms with Gasteiger partial charge in [0.1, 0.15) is 0 Å². The maximum Gasteiger partial charge on any atom is 0 e. The normalized spacial score (nSPS) is 14.0. The molecule has 0 N–H and O–H groups in total. The van der Waals surface area contributed by atoms with Gasteiger partial charge in [-0.05, 0) is 19.3 Å². The van der Waals surface area contributed by atoms with Crippen LogP contribution in [0.15, 0.2) is 12.1 Å². The zero-order valence-electron chi connectivity index (χ0n) is 18.8.